The van der Waals surface area contributed by atoms with Gasteiger partial charge in [-0.25, -0.2) is 17.1 Å². The first-order valence-corrected chi connectivity index (χ1v) is 7.46. The van der Waals surface area contributed by atoms with E-state index in [1.807, 2.05) is 0 Å². The number of carbonyl (C=O) groups excluding carboxylic acids is 1. The maximum Gasteiger partial charge on any atom is 0.254 e. The summed E-state index contributed by atoms with van der Waals surface area (Å²) in [5.41, 5.74) is -0.158. The fourth-order valence-electron chi connectivity index (χ4n) is 1.26. The molecule has 0 saturated heterocycles. The van der Waals surface area contributed by atoms with Crippen molar-refractivity contribution in [1.82, 2.24) is 9.62 Å². The second-order valence-corrected chi connectivity index (χ2v) is 6.84. The van der Waals surface area contributed by atoms with Crippen molar-refractivity contribution in [3.8, 4) is 0 Å². The van der Waals surface area contributed by atoms with Gasteiger partial charge in [0.15, 0.2) is 0 Å². The molecule has 0 bridgehead atoms. The van der Waals surface area contributed by atoms with Crippen molar-refractivity contribution in [3.05, 3.63) is 29.6 Å². The van der Waals surface area contributed by atoms with E-state index < -0.39 is 21.7 Å². The molecule has 1 rings (SSSR count). The Kier molecular flexibility index (Phi) is 5.33. The summed E-state index contributed by atoms with van der Waals surface area (Å²) in [6.45, 7) is -0.0877. The molecule has 0 aliphatic rings. The molecule has 0 aliphatic heterocycles. The highest BCUT2D eigenvalue weighted by atomic mass is 32.2. The number of thiol groups is 1. The van der Waals surface area contributed by atoms with E-state index in [2.05, 4.69) is 17.9 Å². The SMILES string of the molecule is CN(C)S(=O)(=O)CCNC(=O)c1cc(S)ccc1F. The molecule has 106 valence electrons. The highest BCUT2D eigenvalue weighted by Gasteiger charge is 2.15. The molecule has 0 aliphatic carbocycles. The average molecular weight is 306 g/mol. The van der Waals surface area contributed by atoms with Gasteiger partial charge in [-0.15, -0.1) is 12.6 Å². The number of sulfonamides is 1. The lowest BCUT2D eigenvalue weighted by Gasteiger charge is -2.11. The third-order valence-electron chi connectivity index (χ3n) is 2.40. The Labute approximate surface area is 117 Å². The van der Waals surface area contributed by atoms with Crippen LogP contribution >= 0.6 is 12.6 Å². The molecule has 0 radical (unpaired) electrons. The van der Waals surface area contributed by atoms with E-state index in [1.165, 1.54) is 26.2 Å². The Hall–Kier alpha value is -1.12. The predicted octanol–water partition coefficient (Wildman–Crippen LogP) is 0.736. The molecule has 0 saturated carbocycles. The van der Waals surface area contributed by atoms with Gasteiger partial charge in [-0.1, -0.05) is 0 Å². The first-order valence-electron chi connectivity index (χ1n) is 5.41. The van der Waals surface area contributed by atoms with E-state index in [1.54, 1.807) is 0 Å². The Bertz CT molecular complexity index is 573. The lowest BCUT2D eigenvalue weighted by Crippen LogP contribution is -2.34. The summed E-state index contributed by atoms with van der Waals surface area (Å²) in [6.07, 6.45) is 0. The van der Waals surface area contributed by atoms with E-state index in [4.69, 9.17) is 0 Å². The number of rotatable bonds is 5. The number of carbonyl (C=O) groups is 1. The minimum atomic E-state index is -3.38. The van der Waals surface area contributed by atoms with Crippen LogP contribution in [0.4, 0.5) is 4.39 Å². The summed E-state index contributed by atoms with van der Waals surface area (Å²) >= 11 is 4.01. The van der Waals surface area contributed by atoms with E-state index in [0.29, 0.717) is 4.90 Å². The first kappa shape index (κ1) is 15.9. The minimum absolute atomic E-state index is 0.0877. The molecule has 0 atom stereocenters. The topological polar surface area (TPSA) is 66.5 Å². The van der Waals surface area contributed by atoms with Crippen LogP contribution in [0.5, 0.6) is 0 Å². The van der Waals surface area contributed by atoms with Gasteiger partial charge in [0.05, 0.1) is 11.3 Å². The summed E-state index contributed by atoms with van der Waals surface area (Å²) in [5, 5.41) is 2.36. The van der Waals surface area contributed by atoms with Crippen LogP contribution in [-0.2, 0) is 10.0 Å². The van der Waals surface area contributed by atoms with Crippen molar-refractivity contribution in [1.29, 1.82) is 0 Å². The van der Waals surface area contributed by atoms with Crippen LogP contribution in [0.25, 0.3) is 0 Å². The Morgan fingerprint density at radius 1 is 1.42 bits per heavy atom. The molecule has 0 heterocycles. The van der Waals surface area contributed by atoms with Crippen molar-refractivity contribution in [2.75, 3.05) is 26.4 Å². The van der Waals surface area contributed by atoms with E-state index >= 15 is 0 Å². The normalized spacial score (nSPS) is 11.6. The molecule has 0 fully saturated rings. The maximum absolute atomic E-state index is 13.4. The molecule has 1 amide bonds. The molecule has 5 nitrogen and oxygen atoms in total. The second-order valence-electron chi connectivity index (χ2n) is 4.02. The molecular weight excluding hydrogens is 291 g/mol. The Balaban J connectivity index is 2.64. The molecule has 1 aromatic rings. The zero-order valence-electron chi connectivity index (χ0n) is 10.6. The van der Waals surface area contributed by atoms with E-state index in [-0.39, 0.29) is 17.9 Å². The Morgan fingerprint density at radius 3 is 2.63 bits per heavy atom. The third-order valence-corrected chi connectivity index (χ3v) is 4.51. The van der Waals surface area contributed by atoms with Crippen molar-refractivity contribution < 1.29 is 17.6 Å². The van der Waals surface area contributed by atoms with Gasteiger partial charge >= 0.3 is 0 Å². The smallest absolute Gasteiger partial charge is 0.254 e. The zero-order chi connectivity index (χ0) is 14.6. The number of halogens is 1. The number of hydrogen-bond donors (Lipinski definition) is 2. The Morgan fingerprint density at radius 2 is 2.05 bits per heavy atom. The quantitative estimate of drug-likeness (QED) is 0.788. The van der Waals surface area contributed by atoms with Gasteiger partial charge in [-0.05, 0) is 18.2 Å². The highest BCUT2D eigenvalue weighted by Crippen LogP contribution is 2.13. The lowest BCUT2D eigenvalue weighted by atomic mass is 10.2. The fourth-order valence-corrected chi connectivity index (χ4v) is 2.19. The van der Waals surface area contributed by atoms with Crippen LogP contribution < -0.4 is 5.32 Å². The summed E-state index contributed by atoms with van der Waals surface area (Å²) < 4.78 is 37.4. The molecule has 19 heavy (non-hydrogen) atoms. The van der Waals surface area contributed by atoms with Crippen LogP contribution in [0.1, 0.15) is 10.4 Å². The van der Waals surface area contributed by atoms with Crippen LogP contribution in [-0.4, -0.2) is 45.0 Å². The third kappa shape index (κ3) is 4.48. The van der Waals surface area contributed by atoms with Crippen LogP contribution in [0, 0.1) is 5.82 Å². The molecule has 1 aromatic carbocycles. The van der Waals surface area contributed by atoms with Crippen LogP contribution in [0.3, 0.4) is 0 Å². The van der Waals surface area contributed by atoms with Crippen molar-refractivity contribution in [3.63, 3.8) is 0 Å². The zero-order valence-corrected chi connectivity index (χ0v) is 12.3. The number of hydrogen-bond acceptors (Lipinski definition) is 4. The number of amides is 1. The lowest BCUT2D eigenvalue weighted by molar-refractivity contribution is 0.0952. The summed E-state index contributed by atoms with van der Waals surface area (Å²) in [4.78, 5) is 12.1. The molecular formula is C11H15FN2O3S2. The molecule has 8 heteroatoms. The van der Waals surface area contributed by atoms with E-state index in [9.17, 15) is 17.6 Å². The molecule has 0 unspecified atom stereocenters. The largest absolute Gasteiger partial charge is 0.351 e. The van der Waals surface area contributed by atoms with Gasteiger partial charge in [-0.2, -0.15) is 0 Å². The number of nitrogens with zero attached hydrogens (tertiary/aromatic N) is 1. The van der Waals surface area contributed by atoms with E-state index in [0.717, 1.165) is 10.4 Å². The van der Waals surface area contributed by atoms with Gasteiger partial charge in [0.2, 0.25) is 10.0 Å². The standard InChI is InChI=1S/C11H15FN2O3S2/c1-14(2)19(16,17)6-5-13-11(15)9-7-8(18)3-4-10(9)12/h3-4,7,18H,5-6H2,1-2H3,(H,13,15). The van der Waals surface area contributed by atoms with Crippen LogP contribution in [0.15, 0.2) is 23.1 Å². The highest BCUT2D eigenvalue weighted by molar-refractivity contribution is 7.89. The van der Waals surface area contributed by atoms with Crippen LogP contribution in [0.2, 0.25) is 0 Å². The summed E-state index contributed by atoms with van der Waals surface area (Å²) in [6, 6.07) is 3.84. The molecule has 0 spiro atoms. The fraction of sp³-hybridized carbons (Fsp3) is 0.364. The van der Waals surface area contributed by atoms with Crippen molar-refractivity contribution in [2.24, 2.45) is 0 Å². The summed E-state index contributed by atoms with van der Waals surface area (Å²) in [5.74, 6) is -1.58. The number of benzene rings is 1. The molecule has 0 aromatic heterocycles. The summed E-state index contributed by atoms with van der Waals surface area (Å²) in [7, 11) is -0.577. The maximum atomic E-state index is 13.4. The second kappa shape index (κ2) is 6.36. The predicted molar refractivity (Wildman–Crippen MR) is 73.5 cm³/mol. The number of nitrogens with one attached hydrogen (secondary N) is 1. The van der Waals surface area contributed by atoms with Gasteiger partial charge < -0.3 is 5.32 Å². The van der Waals surface area contributed by atoms with Crippen molar-refractivity contribution in [2.45, 2.75) is 4.90 Å². The minimum Gasteiger partial charge on any atom is -0.351 e. The van der Waals surface area contributed by atoms with Crippen molar-refractivity contribution >= 4 is 28.6 Å². The van der Waals surface area contributed by atoms with Gasteiger partial charge in [0, 0.05) is 25.5 Å². The average Bonchev–Trinajstić information content (AvgIpc) is 2.31. The van der Waals surface area contributed by atoms with Gasteiger partial charge in [-0.3, -0.25) is 4.79 Å². The monoisotopic (exact) mass is 306 g/mol. The first-order chi connectivity index (χ1) is 8.74. The van der Waals surface area contributed by atoms with Gasteiger partial charge in [0.25, 0.3) is 5.91 Å². The molecule has 1 N–H and O–H groups in total. The van der Waals surface area contributed by atoms with Gasteiger partial charge in [0.1, 0.15) is 5.82 Å².